The van der Waals surface area contributed by atoms with E-state index in [0.29, 0.717) is 12.1 Å². The molecule has 1 unspecified atom stereocenters. The van der Waals surface area contributed by atoms with Gasteiger partial charge in [0.15, 0.2) is 0 Å². The van der Waals surface area contributed by atoms with Gasteiger partial charge < -0.3 is 5.73 Å². The van der Waals surface area contributed by atoms with Crippen LogP contribution in [0.25, 0.3) is 0 Å². The molecule has 94 valence electrons. The molecule has 1 aliphatic rings. The lowest BCUT2D eigenvalue weighted by atomic mass is 10.1. The van der Waals surface area contributed by atoms with Crippen molar-refractivity contribution in [2.45, 2.75) is 25.2 Å². The van der Waals surface area contributed by atoms with E-state index in [1.807, 2.05) is 0 Å². The summed E-state index contributed by atoms with van der Waals surface area (Å²) >= 11 is 0. The Bertz CT molecular complexity index is 390. The van der Waals surface area contributed by atoms with Crippen LogP contribution in [0.5, 0.6) is 0 Å². The van der Waals surface area contributed by atoms with Crippen molar-refractivity contribution in [2.75, 3.05) is 13.1 Å². The average molecular weight is 244 g/mol. The Kier molecular flexibility index (Phi) is 3.40. The van der Waals surface area contributed by atoms with Crippen LogP contribution in [0.15, 0.2) is 24.3 Å². The Labute approximate surface area is 98.2 Å². The van der Waals surface area contributed by atoms with Gasteiger partial charge in [-0.05, 0) is 18.1 Å². The molecule has 0 saturated carbocycles. The van der Waals surface area contributed by atoms with Crippen molar-refractivity contribution in [3.05, 3.63) is 35.4 Å². The topological polar surface area (TPSA) is 29.3 Å². The van der Waals surface area contributed by atoms with Crippen molar-refractivity contribution >= 4 is 0 Å². The zero-order valence-electron chi connectivity index (χ0n) is 9.37. The average Bonchev–Trinajstić information content (AvgIpc) is 2.63. The third kappa shape index (κ3) is 3.20. The van der Waals surface area contributed by atoms with E-state index in [-0.39, 0.29) is 6.04 Å². The van der Waals surface area contributed by atoms with Crippen LogP contribution >= 0.6 is 0 Å². The Hall–Kier alpha value is -1.07. The fourth-order valence-electron chi connectivity index (χ4n) is 2.11. The van der Waals surface area contributed by atoms with Crippen LogP contribution in [0.3, 0.4) is 0 Å². The van der Waals surface area contributed by atoms with E-state index in [0.717, 1.165) is 25.6 Å². The van der Waals surface area contributed by atoms with Gasteiger partial charge in [0.05, 0.1) is 5.56 Å². The number of alkyl halides is 3. The fraction of sp³-hybridized carbons (Fsp3) is 0.500. The summed E-state index contributed by atoms with van der Waals surface area (Å²) < 4.78 is 37.5. The van der Waals surface area contributed by atoms with Gasteiger partial charge in [0.2, 0.25) is 0 Å². The lowest BCUT2D eigenvalue weighted by Gasteiger charge is -2.16. The second-order valence-corrected chi connectivity index (χ2v) is 4.48. The summed E-state index contributed by atoms with van der Waals surface area (Å²) in [5, 5.41) is 0. The van der Waals surface area contributed by atoms with E-state index in [4.69, 9.17) is 5.73 Å². The zero-order valence-corrected chi connectivity index (χ0v) is 9.37. The highest BCUT2D eigenvalue weighted by Gasteiger charge is 2.30. The van der Waals surface area contributed by atoms with E-state index in [2.05, 4.69) is 4.90 Å². The predicted octanol–water partition coefficient (Wildman–Crippen LogP) is 2.24. The van der Waals surface area contributed by atoms with Crippen LogP contribution in [0.4, 0.5) is 13.2 Å². The van der Waals surface area contributed by atoms with Crippen molar-refractivity contribution in [3.8, 4) is 0 Å². The third-order valence-corrected chi connectivity index (χ3v) is 2.97. The summed E-state index contributed by atoms with van der Waals surface area (Å²) in [7, 11) is 0. The van der Waals surface area contributed by atoms with Gasteiger partial charge in [0.25, 0.3) is 0 Å². The molecule has 1 saturated heterocycles. The molecule has 0 aromatic heterocycles. The molecule has 2 N–H and O–H groups in total. The van der Waals surface area contributed by atoms with E-state index in [1.165, 1.54) is 12.1 Å². The molecule has 5 heteroatoms. The summed E-state index contributed by atoms with van der Waals surface area (Å²) in [6.45, 7) is 2.16. The number of hydrogen-bond acceptors (Lipinski definition) is 2. The molecule has 1 aromatic rings. The molecule has 17 heavy (non-hydrogen) atoms. The summed E-state index contributed by atoms with van der Waals surface area (Å²) in [6.07, 6.45) is -3.35. The van der Waals surface area contributed by atoms with Crippen LogP contribution in [0.2, 0.25) is 0 Å². The molecule has 1 atom stereocenters. The van der Waals surface area contributed by atoms with Crippen molar-refractivity contribution < 1.29 is 13.2 Å². The van der Waals surface area contributed by atoms with Crippen molar-refractivity contribution in [1.82, 2.24) is 4.90 Å². The van der Waals surface area contributed by atoms with Gasteiger partial charge >= 0.3 is 6.18 Å². The second-order valence-electron chi connectivity index (χ2n) is 4.48. The van der Waals surface area contributed by atoms with Crippen molar-refractivity contribution in [2.24, 2.45) is 5.73 Å². The minimum atomic E-state index is -4.27. The Morgan fingerprint density at radius 1 is 1.35 bits per heavy atom. The van der Waals surface area contributed by atoms with Gasteiger partial charge in [-0.2, -0.15) is 13.2 Å². The van der Waals surface area contributed by atoms with Gasteiger partial charge in [-0.15, -0.1) is 0 Å². The molecule has 1 heterocycles. The smallest absolute Gasteiger partial charge is 0.326 e. The highest BCUT2D eigenvalue weighted by atomic mass is 19.4. The maximum atomic E-state index is 12.5. The number of nitrogens with zero attached hydrogens (tertiary/aromatic N) is 1. The van der Waals surface area contributed by atoms with Crippen LogP contribution in [-0.2, 0) is 12.7 Å². The summed E-state index contributed by atoms with van der Waals surface area (Å²) in [5.41, 5.74) is 5.86. The maximum Gasteiger partial charge on any atom is 0.416 e. The molecule has 0 amide bonds. The highest BCUT2D eigenvalue weighted by molar-refractivity contribution is 5.25. The normalized spacial score (nSPS) is 22.0. The molecule has 0 spiro atoms. The van der Waals surface area contributed by atoms with Crippen molar-refractivity contribution in [3.63, 3.8) is 0 Å². The molecule has 2 nitrogen and oxygen atoms in total. The van der Waals surface area contributed by atoms with E-state index < -0.39 is 11.7 Å². The van der Waals surface area contributed by atoms with Gasteiger partial charge in [-0.3, -0.25) is 4.90 Å². The molecule has 0 bridgehead atoms. The minimum Gasteiger partial charge on any atom is -0.326 e. The molecule has 1 fully saturated rings. The first kappa shape index (κ1) is 12.4. The van der Waals surface area contributed by atoms with Gasteiger partial charge in [-0.25, -0.2) is 0 Å². The number of nitrogens with two attached hydrogens (primary N) is 1. The molecule has 2 rings (SSSR count). The maximum absolute atomic E-state index is 12.5. The number of halogens is 3. The van der Waals surface area contributed by atoms with Crippen LogP contribution in [-0.4, -0.2) is 24.0 Å². The monoisotopic (exact) mass is 244 g/mol. The summed E-state index contributed by atoms with van der Waals surface area (Å²) in [5.74, 6) is 0. The van der Waals surface area contributed by atoms with E-state index >= 15 is 0 Å². The van der Waals surface area contributed by atoms with Gasteiger partial charge in [0, 0.05) is 25.7 Å². The highest BCUT2D eigenvalue weighted by Crippen LogP contribution is 2.29. The standard InChI is InChI=1S/C12H15F3N2/c13-12(14,15)10-3-1-2-9(6-10)7-17-5-4-11(16)8-17/h1-3,6,11H,4-5,7-8,16H2. The molecule has 1 aliphatic heterocycles. The zero-order chi connectivity index (χ0) is 12.5. The lowest BCUT2D eigenvalue weighted by molar-refractivity contribution is -0.137. The van der Waals surface area contributed by atoms with Crippen LogP contribution in [0, 0.1) is 0 Å². The Morgan fingerprint density at radius 3 is 2.71 bits per heavy atom. The number of benzene rings is 1. The fourth-order valence-corrected chi connectivity index (χ4v) is 2.11. The van der Waals surface area contributed by atoms with Crippen LogP contribution in [0.1, 0.15) is 17.5 Å². The molecular weight excluding hydrogens is 229 g/mol. The second kappa shape index (κ2) is 4.66. The summed E-state index contributed by atoms with van der Waals surface area (Å²) in [4.78, 5) is 2.08. The van der Waals surface area contributed by atoms with E-state index in [9.17, 15) is 13.2 Å². The first-order chi connectivity index (χ1) is 7.95. The third-order valence-electron chi connectivity index (χ3n) is 2.97. The van der Waals surface area contributed by atoms with Gasteiger partial charge in [0.1, 0.15) is 0 Å². The molecule has 1 aromatic carbocycles. The number of hydrogen-bond donors (Lipinski definition) is 1. The predicted molar refractivity (Wildman–Crippen MR) is 59.3 cm³/mol. The number of rotatable bonds is 2. The van der Waals surface area contributed by atoms with Crippen LogP contribution < -0.4 is 5.73 Å². The Morgan fingerprint density at radius 2 is 2.12 bits per heavy atom. The van der Waals surface area contributed by atoms with Gasteiger partial charge in [-0.1, -0.05) is 18.2 Å². The molecular formula is C12H15F3N2. The van der Waals surface area contributed by atoms with E-state index in [1.54, 1.807) is 6.07 Å². The summed E-state index contributed by atoms with van der Waals surface area (Å²) in [6, 6.07) is 5.64. The quantitative estimate of drug-likeness (QED) is 0.864. The molecule has 0 radical (unpaired) electrons. The Balaban J connectivity index is 2.06. The first-order valence-electron chi connectivity index (χ1n) is 5.59. The van der Waals surface area contributed by atoms with Crippen molar-refractivity contribution in [1.29, 1.82) is 0 Å². The largest absolute Gasteiger partial charge is 0.416 e. The lowest BCUT2D eigenvalue weighted by Crippen LogP contribution is -2.26. The first-order valence-corrected chi connectivity index (χ1v) is 5.59. The minimum absolute atomic E-state index is 0.154. The molecule has 0 aliphatic carbocycles. The number of likely N-dealkylation sites (tertiary alicyclic amines) is 1. The SMILES string of the molecule is NC1CCN(Cc2cccc(C(F)(F)F)c2)C1.